The number of aromatic nitrogens is 2. The molecule has 0 spiro atoms. The summed E-state index contributed by atoms with van der Waals surface area (Å²) >= 11 is 8.26. The molecule has 0 saturated heterocycles. The van der Waals surface area contributed by atoms with Crippen molar-refractivity contribution < 1.29 is 14.0 Å². The van der Waals surface area contributed by atoms with Crippen LogP contribution in [0.5, 0.6) is 0 Å². The van der Waals surface area contributed by atoms with Gasteiger partial charge >= 0.3 is 13.6 Å². The minimum atomic E-state index is -3.01. The maximum Gasteiger partial charge on any atom is 0.434 e. The summed E-state index contributed by atoms with van der Waals surface area (Å²) in [5.74, 6) is 1.41. The number of alkyl halides is 2. The van der Waals surface area contributed by atoms with Crippen molar-refractivity contribution in [3.05, 3.63) is 22.0 Å². The van der Waals surface area contributed by atoms with Gasteiger partial charge in [0.1, 0.15) is 11.9 Å². The Kier molecular flexibility index (Phi) is 12.3. The first-order chi connectivity index (χ1) is 12.4. The molecule has 0 radical (unpaired) electrons. The molecule has 0 aromatic carbocycles. The van der Waals surface area contributed by atoms with Gasteiger partial charge < -0.3 is 14.6 Å². The highest BCUT2D eigenvalue weighted by Crippen LogP contribution is 2.37. The van der Waals surface area contributed by atoms with E-state index in [1.165, 1.54) is 10.8 Å². The summed E-state index contributed by atoms with van der Waals surface area (Å²) in [7, 11) is -1.37. The fourth-order valence-electron chi connectivity index (χ4n) is 1.94. The van der Waals surface area contributed by atoms with Crippen molar-refractivity contribution in [3.8, 4) is 0 Å². The Hall–Kier alpha value is 0.0300. The highest BCUT2D eigenvalue weighted by molar-refractivity contribution is 9.09. The van der Waals surface area contributed by atoms with Gasteiger partial charge in [-0.3, -0.25) is 4.57 Å². The van der Waals surface area contributed by atoms with Crippen LogP contribution in [0.2, 0.25) is 0 Å². The standard InChI is InChI=1S/C13H24Br2N5O4PS/c1-19-12(10-16-13(19)20(21)22)11-26-9-3-2-8-24-25(23,17-6-4-14)18-7-5-15/h10H,2-9,11H2,1H3,(H2,17,18,23). The van der Waals surface area contributed by atoms with E-state index in [1.54, 1.807) is 18.8 Å². The maximum absolute atomic E-state index is 12.5. The lowest BCUT2D eigenvalue weighted by Gasteiger charge is -2.19. The Labute approximate surface area is 174 Å². The molecule has 1 rings (SSSR count). The van der Waals surface area contributed by atoms with Crippen molar-refractivity contribution in [1.82, 2.24) is 19.7 Å². The molecular weight excluding hydrogens is 513 g/mol. The van der Waals surface area contributed by atoms with E-state index in [1.807, 2.05) is 0 Å². The van der Waals surface area contributed by atoms with Gasteiger partial charge in [0.25, 0.3) is 0 Å². The molecule has 0 amide bonds. The molecular formula is C13H24Br2N5O4PS. The molecule has 26 heavy (non-hydrogen) atoms. The molecule has 150 valence electrons. The highest BCUT2D eigenvalue weighted by Gasteiger charge is 2.21. The SMILES string of the molecule is Cn1c(CSCCCCOP(=O)(NCCBr)NCCBr)cnc1[N+](=O)[O-]. The van der Waals surface area contributed by atoms with Gasteiger partial charge in [-0.05, 0) is 23.5 Å². The molecule has 1 aromatic rings. The lowest BCUT2D eigenvalue weighted by atomic mass is 10.4. The molecule has 0 saturated carbocycles. The first-order valence-electron chi connectivity index (χ1n) is 8.03. The quantitative estimate of drug-likeness (QED) is 0.115. The van der Waals surface area contributed by atoms with Crippen LogP contribution in [-0.2, 0) is 21.9 Å². The Morgan fingerprint density at radius 1 is 1.35 bits per heavy atom. The number of rotatable bonds is 15. The van der Waals surface area contributed by atoms with Crippen molar-refractivity contribution >= 4 is 57.2 Å². The van der Waals surface area contributed by atoms with E-state index in [4.69, 9.17) is 4.52 Å². The van der Waals surface area contributed by atoms with Crippen molar-refractivity contribution in [2.45, 2.75) is 18.6 Å². The number of unbranched alkanes of at least 4 members (excludes halogenated alkanes) is 1. The van der Waals surface area contributed by atoms with E-state index in [0.717, 1.165) is 24.3 Å². The third kappa shape index (κ3) is 8.81. The molecule has 1 aromatic heterocycles. The third-order valence-corrected chi connectivity index (χ3v) is 6.95. The Balaban J connectivity index is 2.23. The van der Waals surface area contributed by atoms with Crippen LogP contribution >= 0.6 is 51.3 Å². The monoisotopic (exact) mass is 535 g/mol. The fourth-order valence-corrected chi connectivity index (χ4v) is 5.47. The predicted molar refractivity (Wildman–Crippen MR) is 112 cm³/mol. The van der Waals surface area contributed by atoms with Crippen LogP contribution in [0.25, 0.3) is 0 Å². The lowest BCUT2D eigenvalue weighted by molar-refractivity contribution is -0.396. The zero-order valence-corrected chi connectivity index (χ0v) is 19.4. The summed E-state index contributed by atoms with van der Waals surface area (Å²) in [5, 5.41) is 18.0. The van der Waals surface area contributed by atoms with E-state index in [-0.39, 0.29) is 5.95 Å². The molecule has 0 fully saturated rings. The number of imidazole rings is 1. The molecule has 0 atom stereocenters. The number of nitro groups is 1. The molecule has 0 aliphatic carbocycles. The van der Waals surface area contributed by atoms with Crippen molar-refractivity contribution in [3.63, 3.8) is 0 Å². The zero-order valence-electron chi connectivity index (χ0n) is 14.5. The molecule has 9 nitrogen and oxygen atoms in total. The van der Waals surface area contributed by atoms with E-state index >= 15 is 0 Å². The largest absolute Gasteiger partial charge is 0.434 e. The Morgan fingerprint density at radius 2 is 2.00 bits per heavy atom. The van der Waals surface area contributed by atoms with Crippen LogP contribution in [0.3, 0.4) is 0 Å². The van der Waals surface area contributed by atoms with Gasteiger partial charge in [0.2, 0.25) is 0 Å². The minimum absolute atomic E-state index is 0.142. The average Bonchev–Trinajstić information content (AvgIpc) is 2.98. The number of nitrogens with one attached hydrogen (secondary N) is 2. The van der Waals surface area contributed by atoms with E-state index in [9.17, 15) is 14.7 Å². The van der Waals surface area contributed by atoms with Gasteiger partial charge in [-0.25, -0.2) is 14.7 Å². The molecule has 1 heterocycles. The smallest absolute Gasteiger partial charge is 0.390 e. The average molecular weight is 537 g/mol. The number of nitrogens with zero attached hydrogens (tertiary/aromatic N) is 3. The molecule has 0 bridgehead atoms. The summed E-state index contributed by atoms with van der Waals surface area (Å²) < 4.78 is 19.6. The van der Waals surface area contributed by atoms with E-state index in [0.29, 0.717) is 36.1 Å². The first-order valence-corrected chi connectivity index (χ1v) is 13.0. The van der Waals surface area contributed by atoms with Crippen LogP contribution in [0, 0.1) is 10.1 Å². The van der Waals surface area contributed by atoms with Crippen LogP contribution in [-0.4, -0.2) is 50.6 Å². The van der Waals surface area contributed by atoms with Gasteiger partial charge in [-0.1, -0.05) is 36.8 Å². The molecule has 13 heteroatoms. The Bertz CT molecular complexity index is 595. The van der Waals surface area contributed by atoms with Gasteiger partial charge in [0.15, 0.2) is 0 Å². The predicted octanol–water partition coefficient (Wildman–Crippen LogP) is 3.44. The van der Waals surface area contributed by atoms with Gasteiger partial charge in [-0.15, -0.1) is 0 Å². The zero-order chi connectivity index (χ0) is 19.4. The van der Waals surface area contributed by atoms with Crippen LogP contribution in [0.1, 0.15) is 18.5 Å². The second-order valence-electron chi connectivity index (χ2n) is 5.20. The number of halogens is 2. The minimum Gasteiger partial charge on any atom is -0.390 e. The summed E-state index contributed by atoms with van der Waals surface area (Å²) in [6, 6.07) is 0. The highest BCUT2D eigenvalue weighted by atomic mass is 79.9. The molecule has 0 aliphatic rings. The van der Waals surface area contributed by atoms with Gasteiger partial charge in [-0.2, -0.15) is 11.8 Å². The second kappa shape index (κ2) is 13.2. The second-order valence-corrected chi connectivity index (χ2v) is 9.89. The van der Waals surface area contributed by atoms with Crippen LogP contribution in [0.4, 0.5) is 5.95 Å². The third-order valence-electron chi connectivity index (χ3n) is 3.26. The summed E-state index contributed by atoms with van der Waals surface area (Å²) in [4.78, 5) is 14.1. The van der Waals surface area contributed by atoms with Crippen LogP contribution < -0.4 is 10.2 Å². The topological polar surface area (TPSA) is 111 Å². The number of thioether (sulfide) groups is 1. The van der Waals surface area contributed by atoms with Crippen molar-refractivity contribution in [2.24, 2.45) is 7.05 Å². The lowest BCUT2D eigenvalue weighted by Crippen LogP contribution is -2.27. The van der Waals surface area contributed by atoms with Crippen LogP contribution in [0.15, 0.2) is 6.20 Å². The van der Waals surface area contributed by atoms with Gasteiger partial charge in [0.05, 0.1) is 19.4 Å². The summed E-state index contributed by atoms with van der Waals surface area (Å²) in [5.41, 5.74) is 0.820. The van der Waals surface area contributed by atoms with E-state index < -0.39 is 12.6 Å². The number of hydrogen-bond donors (Lipinski definition) is 2. The molecule has 0 unspecified atom stereocenters. The Morgan fingerprint density at radius 3 is 2.54 bits per heavy atom. The van der Waals surface area contributed by atoms with Crippen molar-refractivity contribution in [1.29, 1.82) is 0 Å². The molecule has 0 aliphatic heterocycles. The maximum atomic E-state index is 12.5. The fraction of sp³-hybridized carbons (Fsp3) is 0.769. The molecule has 2 N–H and O–H groups in total. The summed E-state index contributed by atoms with van der Waals surface area (Å²) in [6.07, 6.45) is 3.23. The van der Waals surface area contributed by atoms with Crippen molar-refractivity contribution in [2.75, 3.05) is 36.1 Å². The van der Waals surface area contributed by atoms with Gasteiger partial charge in [0, 0.05) is 23.7 Å². The first kappa shape index (κ1) is 24.1. The number of hydrogen-bond acceptors (Lipinski definition) is 6. The van der Waals surface area contributed by atoms with E-state index in [2.05, 4.69) is 47.0 Å². The summed E-state index contributed by atoms with van der Waals surface area (Å²) in [6.45, 7) is 1.51. The normalized spacial score (nSPS) is 11.8.